The molecule has 1 aromatic heterocycles. The predicted octanol–water partition coefficient (Wildman–Crippen LogP) is 1.85. The van der Waals surface area contributed by atoms with E-state index in [1.165, 1.54) is 12.5 Å². The summed E-state index contributed by atoms with van der Waals surface area (Å²) in [5.74, 6) is -3.02. The van der Waals surface area contributed by atoms with Crippen molar-refractivity contribution in [1.82, 2.24) is 15.8 Å². The number of carboxylic acid groups (broad SMARTS) is 1. The second kappa shape index (κ2) is 9.78. The Morgan fingerprint density at radius 3 is 2.57 bits per heavy atom. The monoisotopic (exact) mass is 437 g/mol. The van der Waals surface area contributed by atoms with Crippen molar-refractivity contribution in [3.63, 3.8) is 0 Å². The van der Waals surface area contributed by atoms with Crippen LogP contribution in [0.2, 0.25) is 0 Å². The minimum atomic E-state index is -5.08. The summed E-state index contributed by atoms with van der Waals surface area (Å²) in [6, 6.07) is 1.58. The number of halogens is 3. The summed E-state index contributed by atoms with van der Waals surface area (Å²) >= 11 is 0. The number of rotatable bonds is 5. The molecule has 3 N–H and O–H groups in total. The molecule has 0 unspecified atom stereocenters. The summed E-state index contributed by atoms with van der Waals surface area (Å²) in [6.45, 7) is 3.99. The topological polar surface area (TPSA) is 140 Å². The number of ether oxygens (including phenoxy) is 2. The van der Waals surface area contributed by atoms with E-state index in [1.54, 1.807) is 6.92 Å². The number of carbonyl (C=O) groups is 3. The third-order valence-electron chi connectivity index (χ3n) is 4.64. The van der Waals surface area contributed by atoms with Crippen molar-refractivity contribution in [3.05, 3.63) is 17.5 Å². The molecule has 13 heteroatoms. The van der Waals surface area contributed by atoms with Crippen molar-refractivity contribution < 1.29 is 46.7 Å². The van der Waals surface area contributed by atoms with E-state index in [9.17, 15) is 22.8 Å². The standard InChI is InChI=1S/C15H21N3O5.C2HF3O2/c1-2-21-13(19)12-5-11(23-18-12)8-22-14(20)17-10-6-15(7-10)3-4-16-9-15;3-2(4,5)1(6)7/h5,10,16H,2-4,6-9H2,1H3,(H,17,20);(H,6,7). The number of carboxylic acids is 1. The third-order valence-corrected chi connectivity index (χ3v) is 4.64. The van der Waals surface area contributed by atoms with Crippen LogP contribution in [0.3, 0.4) is 0 Å². The second-order valence-corrected chi connectivity index (χ2v) is 6.95. The fourth-order valence-electron chi connectivity index (χ4n) is 3.26. The van der Waals surface area contributed by atoms with Gasteiger partial charge in [0.05, 0.1) is 6.61 Å². The predicted molar refractivity (Wildman–Crippen MR) is 92.4 cm³/mol. The lowest BCUT2D eigenvalue weighted by Gasteiger charge is -2.44. The molecule has 1 amide bonds. The first-order valence-corrected chi connectivity index (χ1v) is 9.11. The normalized spacial score (nSPS) is 22.5. The number of hydrogen-bond donors (Lipinski definition) is 3. The molecule has 1 aliphatic heterocycles. The maximum atomic E-state index is 11.8. The lowest BCUT2D eigenvalue weighted by molar-refractivity contribution is -0.192. The first-order chi connectivity index (χ1) is 14.0. The Bertz CT molecular complexity index is 752. The van der Waals surface area contributed by atoms with Crippen LogP contribution in [0, 0.1) is 5.41 Å². The van der Waals surface area contributed by atoms with E-state index in [-0.39, 0.29) is 24.9 Å². The van der Waals surface area contributed by atoms with Crippen LogP contribution in [0.1, 0.15) is 42.4 Å². The first kappa shape index (κ1) is 23.4. The minimum Gasteiger partial charge on any atom is -0.475 e. The van der Waals surface area contributed by atoms with Crippen LogP contribution >= 0.6 is 0 Å². The molecule has 168 valence electrons. The number of nitrogens with zero attached hydrogens (tertiary/aromatic N) is 1. The average Bonchev–Trinajstić information content (AvgIpc) is 3.29. The highest BCUT2D eigenvalue weighted by atomic mass is 19.4. The fourth-order valence-corrected chi connectivity index (χ4v) is 3.26. The minimum absolute atomic E-state index is 0.0699. The number of nitrogens with one attached hydrogen (secondary N) is 2. The zero-order valence-electron chi connectivity index (χ0n) is 16.1. The van der Waals surface area contributed by atoms with Crippen LogP contribution in [0.15, 0.2) is 10.6 Å². The molecule has 2 aliphatic rings. The van der Waals surface area contributed by atoms with Gasteiger partial charge in [0.15, 0.2) is 18.1 Å². The quantitative estimate of drug-likeness (QED) is 0.589. The molecule has 1 aromatic rings. The van der Waals surface area contributed by atoms with Crippen molar-refractivity contribution in [2.75, 3.05) is 19.7 Å². The maximum absolute atomic E-state index is 11.8. The van der Waals surface area contributed by atoms with Gasteiger partial charge in [-0.05, 0) is 38.1 Å². The van der Waals surface area contributed by atoms with E-state index in [0.29, 0.717) is 11.2 Å². The highest BCUT2D eigenvalue weighted by molar-refractivity contribution is 5.87. The summed E-state index contributed by atoms with van der Waals surface area (Å²) in [4.78, 5) is 32.1. The van der Waals surface area contributed by atoms with Crippen molar-refractivity contribution in [2.24, 2.45) is 5.41 Å². The highest BCUT2D eigenvalue weighted by Crippen LogP contribution is 2.45. The molecular formula is C17H22F3N3O7. The SMILES string of the molecule is CCOC(=O)c1cc(COC(=O)NC2CC3(CCNC3)C2)on1.O=C(O)C(F)(F)F. The molecular weight excluding hydrogens is 415 g/mol. The van der Waals surface area contributed by atoms with Gasteiger partial charge >= 0.3 is 24.2 Å². The molecule has 0 atom stereocenters. The van der Waals surface area contributed by atoms with E-state index >= 15 is 0 Å². The maximum Gasteiger partial charge on any atom is 0.490 e. The number of esters is 1. The van der Waals surface area contributed by atoms with Crippen LogP contribution in [0.5, 0.6) is 0 Å². The van der Waals surface area contributed by atoms with Gasteiger partial charge in [-0.15, -0.1) is 0 Å². The molecule has 0 radical (unpaired) electrons. The highest BCUT2D eigenvalue weighted by Gasteiger charge is 2.46. The molecule has 30 heavy (non-hydrogen) atoms. The van der Waals surface area contributed by atoms with Crippen molar-refractivity contribution >= 4 is 18.0 Å². The van der Waals surface area contributed by atoms with Gasteiger partial charge in [-0.2, -0.15) is 13.2 Å². The van der Waals surface area contributed by atoms with E-state index < -0.39 is 24.2 Å². The second-order valence-electron chi connectivity index (χ2n) is 6.95. The molecule has 1 aliphatic carbocycles. The Labute approximate surface area is 169 Å². The number of alkyl carbamates (subject to hydrolysis) is 1. The van der Waals surface area contributed by atoms with Crippen LogP contribution in [0.25, 0.3) is 0 Å². The van der Waals surface area contributed by atoms with Gasteiger partial charge in [0, 0.05) is 18.7 Å². The van der Waals surface area contributed by atoms with E-state index in [1.807, 2.05) is 0 Å². The summed E-state index contributed by atoms with van der Waals surface area (Å²) in [7, 11) is 0. The Morgan fingerprint density at radius 1 is 1.37 bits per heavy atom. The average molecular weight is 437 g/mol. The van der Waals surface area contributed by atoms with Crippen molar-refractivity contribution in [1.29, 1.82) is 0 Å². The number of carbonyl (C=O) groups excluding carboxylic acids is 2. The fraction of sp³-hybridized carbons (Fsp3) is 0.647. The largest absolute Gasteiger partial charge is 0.490 e. The van der Waals surface area contributed by atoms with Gasteiger partial charge in [-0.25, -0.2) is 14.4 Å². The molecule has 3 rings (SSSR count). The molecule has 10 nitrogen and oxygen atoms in total. The molecule has 1 saturated carbocycles. The molecule has 1 spiro atoms. The Balaban J connectivity index is 0.000000396. The van der Waals surface area contributed by atoms with Gasteiger partial charge in [-0.3, -0.25) is 0 Å². The van der Waals surface area contributed by atoms with Gasteiger partial charge in [0.25, 0.3) is 0 Å². The van der Waals surface area contributed by atoms with Gasteiger partial charge < -0.3 is 29.7 Å². The van der Waals surface area contributed by atoms with E-state index in [0.717, 1.165) is 25.9 Å². The summed E-state index contributed by atoms with van der Waals surface area (Å²) < 4.78 is 46.6. The zero-order valence-corrected chi connectivity index (χ0v) is 16.1. The lowest BCUT2D eigenvalue weighted by atomic mass is 9.65. The third kappa shape index (κ3) is 6.61. The summed E-state index contributed by atoms with van der Waals surface area (Å²) in [6.07, 6.45) is -2.41. The molecule has 2 fully saturated rings. The van der Waals surface area contributed by atoms with Crippen LogP contribution in [0.4, 0.5) is 18.0 Å². The van der Waals surface area contributed by atoms with E-state index in [2.05, 4.69) is 15.8 Å². The van der Waals surface area contributed by atoms with Crippen LogP contribution in [-0.2, 0) is 20.9 Å². The molecule has 0 aromatic carbocycles. The zero-order chi connectivity index (χ0) is 22.4. The number of amides is 1. The summed E-state index contributed by atoms with van der Waals surface area (Å²) in [5.41, 5.74) is 0.442. The summed E-state index contributed by atoms with van der Waals surface area (Å²) in [5, 5.41) is 16.9. The lowest BCUT2D eigenvalue weighted by Crippen LogP contribution is -2.51. The van der Waals surface area contributed by atoms with Crippen molar-refractivity contribution in [2.45, 2.75) is 45.0 Å². The smallest absolute Gasteiger partial charge is 0.475 e. The number of hydrogen-bond acceptors (Lipinski definition) is 8. The Kier molecular flexibility index (Phi) is 7.65. The van der Waals surface area contributed by atoms with Crippen LogP contribution < -0.4 is 10.6 Å². The molecule has 1 saturated heterocycles. The Morgan fingerprint density at radius 2 is 2.03 bits per heavy atom. The first-order valence-electron chi connectivity index (χ1n) is 9.11. The number of aliphatic carboxylic acids is 1. The number of alkyl halides is 3. The van der Waals surface area contributed by atoms with Crippen LogP contribution in [-0.4, -0.2) is 60.2 Å². The molecule has 2 heterocycles. The van der Waals surface area contributed by atoms with Gasteiger partial charge in [-0.1, -0.05) is 5.16 Å². The van der Waals surface area contributed by atoms with Gasteiger partial charge in [0.1, 0.15) is 0 Å². The Hall–Kier alpha value is -2.83. The van der Waals surface area contributed by atoms with Crippen molar-refractivity contribution in [3.8, 4) is 0 Å². The van der Waals surface area contributed by atoms with E-state index in [4.69, 9.17) is 23.9 Å². The number of aromatic nitrogens is 1. The van der Waals surface area contributed by atoms with Gasteiger partial charge in [0.2, 0.25) is 0 Å². The molecule has 0 bridgehead atoms.